The Bertz CT molecular complexity index is 414. The molecule has 98 valence electrons. The van der Waals surface area contributed by atoms with Crippen molar-refractivity contribution in [3.05, 3.63) is 23.8 Å². The summed E-state index contributed by atoms with van der Waals surface area (Å²) in [5.74, 6) is 1.71. The van der Waals surface area contributed by atoms with Crippen LogP contribution in [0, 0.1) is 0 Å². The van der Waals surface area contributed by atoms with Crippen molar-refractivity contribution in [2.45, 2.75) is 44.3 Å². The first kappa shape index (κ1) is 11.8. The van der Waals surface area contributed by atoms with Crippen LogP contribution in [0.2, 0.25) is 0 Å². The van der Waals surface area contributed by atoms with Crippen LogP contribution in [0.15, 0.2) is 18.2 Å². The lowest BCUT2D eigenvalue weighted by atomic mass is 9.92. The van der Waals surface area contributed by atoms with Gasteiger partial charge in [0.05, 0.1) is 0 Å². The third-order valence-corrected chi connectivity index (χ3v) is 3.80. The summed E-state index contributed by atoms with van der Waals surface area (Å²) >= 11 is 0. The van der Waals surface area contributed by atoms with E-state index < -0.39 is 0 Å². The molecule has 1 aromatic rings. The molecule has 2 aliphatic rings. The molecule has 3 rings (SSSR count). The molecular formula is C14H20N2O2. The van der Waals surface area contributed by atoms with Gasteiger partial charge in [0.25, 0.3) is 0 Å². The number of ether oxygens (including phenoxy) is 2. The number of hydrogen-bond donors (Lipinski definition) is 2. The van der Waals surface area contributed by atoms with Crippen LogP contribution in [0.3, 0.4) is 0 Å². The maximum Gasteiger partial charge on any atom is 0.231 e. The highest BCUT2D eigenvalue weighted by Crippen LogP contribution is 2.32. The van der Waals surface area contributed by atoms with E-state index in [0.717, 1.165) is 30.9 Å². The second-order valence-corrected chi connectivity index (χ2v) is 5.18. The Labute approximate surface area is 107 Å². The first-order valence-corrected chi connectivity index (χ1v) is 6.69. The van der Waals surface area contributed by atoms with Crippen LogP contribution in [0.5, 0.6) is 11.5 Å². The molecule has 1 aliphatic heterocycles. The predicted molar refractivity (Wildman–Crippen MR) is 69.6 cm³/mol. The zero-order chi connectivity index (χ0) is 12.4. The Balaban J connectivity index is 1.54. The number of benzene rings is 1. The fourth-order valence-electron chi connectivity index (χ4n) is 2.64. The summed E-state index contributed by atoms with van der Waals surface area (Å²) in [5.41, 5.74) is 7.15. The molecule has 3 N–H and O–H groups in total. The molecule has 4 heteroatoms. The standard InChI is InChI=1S/C14H20N2O2/c15-11-2-4-12(5-3-11)16-8-10-1-6-13-14(7-10)18-9-17-13/h1,6-7,11-12,16H,2-5,8-9,15H2. The Kier molecular flexibility index (Phi) is 3.39. The van der Waals surface area contributed by atoms with Crippen molar-refractivity contribution in [1.82, 2.24) is 5.32 Å². The number of hydrogen-bond acceptors (Lipinski definition) is 4. The highest BCUT2D eigenvalue weighted by atomic mass is 16.7. The summed E-state index contributed by atoms with van der Waals surface area (Å²) < 4.78 is 10.7. The van der Waals surface area contributed by atoms with Crippen molar-refractivity contribution < 1.29 is 9.47 Å². The first-order valence-electron chi connectivity index (χ1n) is 6.69. The zero-order valence-corrected chi connectivity index (χ0v) is 10.5. The number of rotatable bonds is 3. The number of nitrogens with two attached hydrogens (primary N) is 1. The molecular weight excluding hydrogens is 228 g/mol. The summed E-state index contributed by atoms with van der Waals surface area (Å²) in [5, 5.41) is 3.60. The summed E-state index contributed by atoms with van der Waals surface area (Å²) in [7, 11) is 0. The van der Waals surface area contributed by atoms with Crippen molar-refractivity contribution in [3.8, 4) is 11.5 Å². The van der Waals surface area contributed by atoms with Gasteiger partial charge in [0.1, 0.15) is 0 Å². The lowest BCUT2D eigenvalue weighted by Gasteiger charge is -2.27. The van der Waals surface area contributed by atoms with Crippen molar-refractivity contribution in [2.24, 2.45) is 5.73 Å². The van der Waals surface area contributed by atoms with Crippen molar-refractivity contribution in [3.63, 3.8) is 0 Å². The normalized spacial score (nSPS) is 26.3. The van der Waals surface area contributed by atoms with Crippen LogP contribution in [-0.2, 0) is 6.54 Å². The van der Waals surface area contributed by atoms with E-state index in [9.17, 15) is 0 Å². The average molecular weight is 248 g/mol. The predicted octanol–water partition coefficient (Wildman–Crippen LogP) is 1.77. The second kappa shape index (κ2) is 5.16. The highest BCUT2D eigenvalue weighted by molar-refractivity contribution is 5.44. The second-order valence-electron chi connectivity index (χ2n) is 5.18. The Hall–Kier alpha value is -1.26. The molecule has 0 saturated heterocycles. The minimum Gasteiger partial charge on any atom is -0.454 e. The Morgan fingerprint density at radius 2 is 1.89 bits per heavy atom. The third kappa shape index (κ3) is 2.60. The third-order valence-electron chi connectivity index (χ3n) is 3.80. The van der Waals surface area contributed by atoms with E-state index in [4.69, 9.17) is 15.2 Å². The van der Waals surface area contributed by atoms with Gasteiger partial charge in [0.2, 0.25) is 6.79 Å². The molecule has 0 atom stereocenters. The van der Waals surface area contributed by atoms with Crippen molar-refractivity contribution in [1.29, 1.82) is 0 Å². The fourth-order valence-corrected chi connectivity index (χ4v) is 2.64. The van der Waals surface area contributed by atoms with E-state index in [0.29, 0.717) is 18.9 Å². The Morgan fingerprint density at radius 3 is 2.72 bits per heavy atom. The van der Waals surface area contributed by atoms with Crippen LogP contribution in [-0.4, -0.2) is 18.9 Å². The molecule has 4 nitrogen and oxygen atoms in total. The van der Waals surface area contributed by atoms with Crippen LogP contribution in [0.25, 0.3) is 0 Å². The van der Waals surface area contributed by atoms with Gasteiger partial charge in [-0.25, -0.2) is 0 Å². The highest BCUT2D eigenvalue weighted by Gasteiger charge is 2.18. The zero-order valence-electron chi connectivity index (χ0n) is 10.5. The molecule has 1 aromatic carbocycles. The molecule has 0 amide bonds. The van der Waals surface area contributed by atoms with Gasteiger partial charge in [-0.3, -0.25) is 0 Å². The maximum atomic E-state index is 5.91. The average Bonchev–Trinajstić information content (AvgIpc) is 2.85. The smallest absolute Gasteiger partial charge is 0.231 e. The lowest BCUT2D eigenvalue weighted by Crippen LogP contribution is -2.36. The van der Waals surface area contributed by atoms with E-state index in [1.165, 1.54) is 18.4 Å². The quantitative estimate of drug-likeness (QED) is 0.856. The fraction of sp³-hybridized carbons (Fsp3) is 0.571. The van der Waals surface area contributed by atoms with Crippen LogP contribution in [0.4, 0.5) is 0 Å². The van der Waals surface area contributed by atoms with Gasteiger partial charge in [-0.15, -0.1) is 0 Å². The van der Waals surface area contributed by atoms with Crippen molar-refractivity contribution >= 4 is 0 Å². The Morgan fingerprint density at radius 1 is 1.11 bits per heavy atom. The molecule has 1 aliphatic carbocycles. The monoisotopic (exact) mass is 248 g/mol. The number of nitrogens with one attached hydrogen (secondary N) is 1. The molecule has 0 radical (unpaired) electrons. The van der Waals surface area contributed by atoms with E-state index in [-0.39, 0.29) is 0 Å². The maximum absolute atomic E-state index is 5.91. The van der Waals surface area contributed by atoms with Gasteiger partial charge >= 0.3 is 0 Å². The van der Waals surface area contributed by atoms with Crippen LogP contribution in [0.1, 0.15) is 31.2 Å². The minimum atomic E-state index is 0.340. The molecule has 1 saturated carbocycles. The molecule has 1 fully saturated rings. The molecule has 0 bridgehead atoms. The van der Waals surface area contributed by atoms with Gasteiger partial charge in [-0.1, -0.05) is 6.07 Å². The van der Waals surface area contributed by atoms with Gasteiger partial charge in [-0.05, 0) is 43.4 Å². The molecule has 0 unspecified atom stereocenters. The van der Waals surface area contributed by atoms with Gasteiger partial charge < -0.3 is 20.5 Å². The minimum absolute atomic E-state index is 0.340. The molecule has 0 spiro atoms. The van der Waals surface area contributed by atoms with E-state index in [1.807, 2.05) is 6.07 Å². The van der Waals surface area contributed by atoms with Gasteiger partial charge in [0.15, 0.2) is 11.5 Å². The van der Waals surface area contributed by atoms with Crippen molar-refractivity contribution in [2.75, 3.05) is 6.79 Å². The SMILES string of the molecule is NC1CCC(NCc2ccc3c(c2)OCO3)CC1. The van der Waals surface area contributed by atoms with Crippen LogP contribution < -0.4 is 20.5 Å². The summed E-state index contributed by atoms with van der Waals surface area (Å²) in [6.07, 6.45) is 4.65. The van der Waals surface area contributed by atoms with Gasteiger partial charge in [-0.2, -0.15) is 0 Å². The summed E-state index contributed by atoms with van der Waals surface area (Å²) in [6, 6.07) is 7.15. The van der Waals surface area contributed by atoms with E-state index in [1.54, 1.807) is 0 Å². The molecule has 18 heavy (non-hydrogen) atoms. The number of fused-ring (bicyclic) bond motifs is 1. The lowest BCUT2D eigenvalue weighted by molar-refractivity contribution is 0.174. The summed E-state index contributed by atoms with van der Waals surface area (Å²) in [6.45, 7) is 1.23. The largest absolute Gasteiger partial charge is 0.454 e. The van der Waals surface area contributed by atoms with E-state index in [2.05, 4.69) is 17.4 Å². The topological polar surface area (TPSA) is 56.5 Å². The molecule has 1 heterocycles. The van der Waals surface area contributed by atoms with E-state index >= 15 is 0 Å². The van der Waals surface area contributed by atoms with Crippen LogP contribution >= 0.6 is 0 Å². The summed E-state index contributed by atoms with van der Waals surface area (Å²) in [4.78, 5) is 0. The first-order chi connectivity index (χ1) is 8.81. The molecule has 0 aromatic heterocycles. The van der Waals surface area contributed by atoms with Gasteiger partial charge in [0, 0.05) is 18.6 Å².